The molecule has 1 aromatic rings. The summed E-state index contributed by atoms with van der Waals surface area (Å²) in [6.45, 7) is 0. The molecule has 0 spiro atoms. The van der Waals surface area contributed by atoms with Crippen LogP contribution < -0.4 is 5.73 Å². The Labute approximate surface area is 102 Å². The molecule has 0 atom stereocenters. The van der Waals surface area contributed by atoms with E-state index < -0.39 is 0 Å². The Balaban J connectivity index is 2.04. The van der Waals surface area contributed by atoms with Gasteiger partial charge in [-0.05, 0) is 44.9 Å². The number of hydrogen-bond acceptors (Lipinski definition) is 4. The van der Waals surface area contributed by atoms with Crippen molar-refractivity contribution in [3.63, 3.8) is 0 Å². The van der Waals surface area contributed by atoms with Crippen molar-refractivity contribution in [2.75, 3.05) is 12.8 Å². The van der Waals surface area contributed by atoms with E-state index in [9.17, 15) is 0 Å². The van der Waals surface area contributed by atoms with Gasteiger partial charge in [-0.25, -0.2) is 9.97 Å². The summed E-state index contributed by atoms with van der Waals surface area (Å²) in [5.74, 6) is 1.48. The Morgan fingerprint density at radius 3 is 2.53 bits per heavy atom. The number of nitrogens with two attached hydrogens (primary N) is 1. The van der Waals surface area contributed by atoms with Crippen LogP contribution in [0.1, 0.15) is 49.2 Å². The minimum atomic E-state index is -0.249. The molecule has 0 aliphatic heterocycles. The molecule has 0 radical (unpaired) electrons. The Kier molecular flexibility index (Phi) is 2.54. The van der Waals surface area contributed by atoms with Crippen molar-refractivity contribution in [2.45, 2.75) is 50.5 Å². The number of aryl methyl sites for hydroxylation is 1. The van der Waals surface area contributed by atoms with Crippen molar-refractivity contribution in [1.29, 1.82) is 0 Å². The predicted octanol–water partition coefficient (Wildman–Crippen LogP) is 1.96. The Morgan fingerprint density at radius 1 is 1.12 bits per heavy atom. The summed E-state index contributed by atoms with van der Waals surface area (Å²) < 4.78 is 5.63. The summed E-state index contributed by atoms with van der Waals surface area (Å²) in [4.78, 5) is 9.22. The van der Waals surface area contributed by atoms with Crippen LogP contribution in [0.5, 0.6) is 0 Å². The molecule has 0 saturated heterocycles. The average molecular weight is 233 g/mol. The van der Waals surface area contributed by atoms with Crippen molar-refractivity contribution in [3.8, 4) is 0 Å². The van der Waals surface area contributed by atoms with E-state index in [0.29, 0.717) is 5.82 Å². The van der Waals surface area contributed by atoms with Gasteiger partial charge in [0.1, 0.15) is 11.4 Å². The van der Waals surface area contributed by atoms with Crippen LogP contribution in [0, 0.1) is 0 Å². The number of anilines is 1. The van der Waals surface area contributed by atoms with Crippen molar-refractivity contribution in [2.24, 2.45) is 0 Å². The van der Waals surface area contributed by atoms with E-state index in [4.69, 9.17) is 15.5 Å². The highest BCUT2D eigenvalue weighted by atomic mass is 16.5. The molecule has 2 aliphatic carbocycles. The Bertz CT molecular complexity index is 435. The standard InChI is InChI=1S/C13H19N3O/c1-17-13(7-4-8-13)12-15-10-6-3-2-5-9(10)11(14)16-12/h2-8H2,1H3,(H2,14,15,16). The van der Waals surface area contributed by atoms with Crippen molar-refractivity contribution in [1.82, 2.24) is 9.97 Å². The van der Waals surface area contributed by atoms with Gasteiger partial charge in [0.05, 0.1) is 0 Å². The molecule has 4 nitrogen and oxygen atoms in total. The third kappa shape index (κ3) is 1.62. The zero-order valence-corrected chi connectivity index (χ0v) is 10.3. The first-order valence-electron chi connectivity index (χ1n) is 6.46. The molecule has 2 aliphatic rings. The summed E-state index contributed by atoms with van der Waals surface area (Å²) in [6, 6.07) is 0. The van der Waals surface area contributed by atoms with Gasteiger partial charge < -0.3 is 10.5 Å². The van der Waals surface area contributed by atoms with Crippen LogP contribution in [0.2, 0.25) is 0 Å². The maximum absolute atomic E-state index is 6.07. The molecule has 0 aromatic carbocycles. The molecule has 0 amide bonds. The largest absolute Gasteiger partial charge is 0.383 e. The van der Waals surface area contributed by atoms with Crippen LogP contribution in [-0.4, -0.2) is 17.1 Å². The van der Waals surface area contributed by atoms with Crippen LogP contribution in [0.4, 0.5) is 5.82 Å². The van der Waals surface area contributed by atoms with Gasteiger partial charge in [-0.3, -0.25) is 0 Å². The second-order valence-electron chi connectivity index (χ2n) is 5.12. The van der Waals surface area contributed by atoms with E-state index in [-0.39, 0.29) is 5.60 Å². The van der Waals surface area contributed by atoms with Crippen molar-refractivity contribution >= 4 is 5.82 Å². The quantitative estimate of drug-likeness (QED) is 0.848. The van der Waals surface area contributed by atoms with E-state index in [0.717, 1.165) is 37.2 Å². The molecule has 4 heteroatoms. The molecule has 3 rings (SSSR count). The second-order valence-corrected chi connectivity index (χ2v) is 5.12. The monoisotopic (exact) mass is 233 g/mol. The van der Waals surface area contributed by atoms with Crippen LogP contribution in [0.3, 0.4) is 0 Å². The summed E-state index contributed by atoms with van der Waals surface area (Å²) in [5, 5.41) is 0. The fourth-order valence-electron chi connectivity index (χ4n) is 2.84. The normalized spacial score (nSPS) is 21.7. The molecular formula is C13H19N3O. The summed E-state index contributed by atoms with van der Waals surface area (Å²) in [6.07, 6.45) is 7.70. The number of nitrogens with zero attached hydrogens (tertiary/aromatic N) is 2. The maximum atomic E-state index is 6.07. The van der Waals surface area contributed by atoms with E-state index in [1.54, 1.807) is 7.11 Å². The molecule has 17 heavy (non-hydrogen) atoms. The topological polar surface area (TPSA) is 61.0 Å². The minimum absolute atomic E-state index is 0.249. The highest BCUT2D eigenvalue weighted by Crippen LogP contribution is 2.43. The molecule has 1 fully saturated rings. The van der Waals surface area contributed by atoms with Gasteiger partial charge in [-0.1, -0.05) is 0 Å². The van der Waals surface area contributed by atoms with E-state index in [1.807, 2.05) is 0 Å². The van der Waals surface area contributed by atoms with E-state index >= 15 is 0 Å². The number of rotatable bonds is 2. The zero-order valence-electron chi connectivity index (χ0n) is 10.3. The molecule has 0 unspecified atom stereocenters. The lowest BCUT2D eigenvalue weighted by Crippen LogP contribution is -2.38. The zero-order chi connectivity index (χ0) is 11.9. The molecule has 1 heterocycles. The number of nitrogen functional groups attached to an aromatic ring is 1. The van der Waals surface area contributed by atoms with Gasteiger partial charge in [0.25, 0.3) is 0 Å². The number of ether oxygens (including phenoxy) is 1. The maximum Gasteiger partial charge on any atom is 0.162 e. The van der Waals surface area contributed by atoms with E-state index in [1.165, 1.54) is 24.8 Å². The lowest BCUT2D eigenvalue weighted by molar-refractivity contribution is -0.0847. The van der Waals surface area contributed by atoms with Crippen LogP contribution in [0.25, 0.3) is 0 Å². The summed E-state index contributed by atoms with van der Waals surface area (Å²) in [7, 11) is 1.75. The molecule has 2 N–H and O–H groups in total. The highest BCUT2D eigenvalue weighted by Gasteiger charge is 2.42. The average Bonchev–Trinajstić information content (AvgIpc) is 2.28. The van der Waals surface area contributed by atoms with Gasteiger partial charge in [-0.15, -0.1) is 0 Å². The number of aromatic nitrogens is 2. The second kappa shape index (κ2) is 3.95. The van der Waals surface area contributed by atoms with Gasteiger partial charge >= 0.3 is 0 Å². The molecule has 92 valence electrons. The highest BCUT2D eigenvalue weighted by molar-refractivity contribution is 5.44. The van der Waals surface area contributed by atoms with E-state index in [2.05, 4.69) is 4.98 Å². The predicted molar refractivity (Wildman–Crippen MR) is 65.6 cm³/mol. The Morgan fingerprint density at radius 2 is 1.88 bits per heavy atom. The SMILES string of the molecule is COC1(c2nc(N)c3c(n2)CCCC3)CCC1. The number of fused-ring (bicyclic) bond motifs is 1. The fraction of sp³-hybridized carbons (Fsp3) is 0.692. The first-order chi connectivity index (χ1) is 8.25. The van der Waals surface area contributed by atoms with Crippen LogP contribution in [-0.2, 0) is 23.2 Å². The third-order valence-electron chi connectivity index (χ3n) is 4.17. The van der Waals surface area contributed by atoms with Gasteiger partial charge in [-0.2, -0.15) is 0 Å². The molecular weight excluding hydrogens is 214 g/mol. The van der Waals surface area contributed by atoms with Gasteiger partial charge in [0.15, 0.2) is 5.82 Å². The molecule has 1 saturated carbocycles. The first-order valence-corrected chi connectivity index (χ1v) is 6.46. The third-order valence-corrected chi connectivity index (χ3v) is 4.17. The van der Waals surface area contributed by atoms with Gasteiger partial charge in [0, 0.05) is 18.4 Å². The lowest BCUT2D eigenvalue weighted by Gasteiger charge is -2.39. The number of hydrogen-bond donors (Lipinski definition) is 1. The fourth-order valence-corrected chi connectivity index (χ4v) is 2.84. The first kappa shape index (κ1) is 11.0. The Hall–Kier alpha value is -1.16. The van der Waals surface area contributed by atoms with Gasteiger partial charge in [0.2, 0.25) is 0 Å². The molecule has 0 bridgehead atoms. The molecule has 1 aromatic heterocycles. The van der Waals surface area contributed by atoms with Crippen molar-refractivity contribution in [3.05, 3.63) is 17.1 Å². The lowest BCUT2D eigenvalue weighted by atomic mass is 9.79. The summed E-state index contributed by atoms with van der Waals surface area (Å²) in [5.41, 5.74) is 8.14. The van der Waals surface area contributed by atoms with Crippen molar-refractivity contribution < 1.29 is 4.74 Å². The number of methoxy groups -OCH3 is 1. The van der Waals surface area contributed by atoms with Crippen LogP contribution >= 0.6 is 0 Å². The van der Waals surface area contributed by atoms with Crippen LogP contribution in [0.15, 0.2) is 0 Å². The minimum Gasteiger partial charge on any atom is -0.383 e. The summed E-state index contributed by atoms with van der Waals surface area (Å²) >= 11 is 0. The smallest absolute Gasteiger partial charge is 0.162 e.